The molecular formula is C32H31N3O2. The number of hydrogen-bond donors (Lipinski definition) is 1. The fourth-order valence-corrected chi connectivity index (χ4v) is 4.80. The Hall–Kier alpha value is -4.38. The molecule has 0 bridgehead atoms. The van der Waals surface area contributed by atoms with Crippen molar-refractivity contribution in [2.75, 3.05) is 21.7 Å². The summed E-state index contributed by atoms with van der Waals surface area (Å²) in [5, 5.41) is 3.02. The van der Waals surface area contributed by atoms with Crippen LogP contribution in [0.3, 0.4) is 0 Å². The summed E-state index contributed by atoms with van der Waals surface area (Å²) < 4.78 is 0. The summed E-state index contributed by atoms with van der Waals surface area (Å²) in [7, 11) is 0. The maximum atomic E-state index is 13.1. The zero-order chi connectivity index (χ0) is 25.8. The fraction of sp³-hybridized carbons (Fsp3) is 0.188. The normalized spacial score (nSPS) is 15.0. The molecule has 5 heteroatoms. The molecule has 37 heavy (non-hydrogen) atoms. The van der Waals surface area contributed by atoms with Crippen LogP contribution in [0.15, 0.2) is 103 Å². The summed E-state index contributed by atoms with van der Waals surface area (Å²) in [6, 6.07) is 34.6. The second-order valence-electron chi connectivity index (χ2n) is 9.64. The molecule has 0 aliphatic carbocycles. The van der Waals surface area contributed by atoms with Gasteiger partial charge in [-0.15, -0.1) is 0 Å². The van der Waals surface area contributed by atoms with Gasteiger partial charge in [0.05, 0.1) is 5.92 Å². The Kier molecular flexibility index (Phi) is 7.04. The molecule has 1 aliphatic heterocycles. The molecule has 1 N–H and O–H groups in total. The Morgan fingerprint density at radius 2 is 1.51 bits per heavy atom. The highest BCUT2D eigenvalue weighted by molar-refractivity contribution is 6.04. The van der Waals surface area contributed by atoms with E-state index in [1.165, 1.54) is 5.56 Å². The summed E-state index contributed by atoms with van der Waals surface area (Å²) in [4.78, 5) is 29.8. The average molecular weight is 490 g/mol. The van der Waals surface area contributed by atoms with Crippen LogP contribution >= 0.6 is 0 Å². The maximum absolute atomic E-state index is 13.1. The van der Waals surface area contributed by atoms with Gasteiger partial charge in [-0.05, 0) is 73.0 Å². The number of aryl methyl sites for hydroxylation is 2. The molecule has 1 atom stereocenters. The van der Waals surface area contributed by atoms with Gasteiger partial charge in [0.2, 0.25) is 11.8 Å². The average Bonchev–Trinajstić information content (AvgIpc) is 3.32. The number of amides is 2. The van der Waals surface area contributed by atoms with Crippen molar-refractivity contribution in [3.63, 3.8) is 0 Å². The molecular weight excluding hydrogens is 458 g/mol. The minimum Gasteiger partial charge on any atom is -0.337 e. The molecule has 4 aromatic rings. The molecule has 1 saturated heterocycles. The molecule has 0 radical (unpaired) electrons. The van der Waals surface area contributed by atoms with Gasteiger partial charge in [-0.2, -0.15) is 0 Å². The van der Waals surface area contributed by atoms with Crippen molar-refractivity contribution in [2.24, 2.45) is 5.92 Å². The third-order valence-electron chi connectivity index (χ3n) is 6.85. The van der Waals surface area contributed by atoms with E-state index in [0.717, 1.165) is 40.4 Å². The first-order chi connectivity index (χ1) is 18.0. The van der Waals surface area contributed by atoms with E-state index in [1.54, 1.807) is 4.90 Å². The highest BCUT2D eigenvalue weighted by atomic mass is 16.2. The third kappa shape index (κ3) is 5.56. The molecule has 1 aliphatic rings. The first-order valence-corrected chi connectivity index (χ1v) is 12.6. The number of benzene rings is 4. The van der Waals surface area contributed by atoms with Gasteiger partial charge in [-0.25, -0.2) is 0 Å². The highest BCUT2D eigenvalue weighted by Gasteiger charge is 2.35. The highest BCUT2D eigenvalue weighted by Crippen LogP contribution is 2.31. The molecule has 0 aromatic heterocycles. The first kappa shape index (κ1) is 24.3. The number of nitrogens with one attached hydrogen (secondary N) is 1. The Morgan fingerprint density at radius 1 is 0.865 bits per heavy atom. The van der Waals surface area contributed by atoms with Crippen LogP contribution in [0.1, 0.15) is 23.1 Å². The van der Waals surface area contributed by atoms with Crippen LogP contribution < -0.4 is 15.1 Å². The summed E-state index contributed by atoms with van der Waals surface area (Å²) in [6.45, 7) is 5.13. The fourth-order valence-electron chi connectivity index (χ4n) is 4.80. The predicted molar refractivity (Wildman–Crippen MR) is 150 cm³/mol. The topological polar surface area (TPSA) is 52.7 Å². The number of carbonyl (C=O) groups excluding carboxylic acids is 2. The number of nitrogens with zero attached hydrogens (tertiary/aromatic N) is 2. The molecule has 4 aromatic carbocycles. The van der Waals surface area contributed by atoms with E-state index >= 15 is 0 Å². The lowest BCUT2D eigenvalue weighted by Crippen LogP contribution is -2.28. The monoisotopic (exact) mass is 489 g/mol. The zero-order valence-corrected chi connectivity index (χ0v) is 21.2. The molecule has 5 nitrogen and oxygen atoms in total. The molecule has 186 valence electrons. The standard InChI is InChI=1S/C32H31N3O2/c1-23-13-14-24(2)30(19-23)35-22-26(20-31(35)36)32(37)33-27-15-17-29(18-16-27)34(28-11-7-4-8-12-28)21-25-9-5-3-6-10-25/h3-19,26H,20-22H2,1-2H3,(H,33,37). The summed E-state index contributed by atoms with van der Waals surface area (Å²) >= 11 is 0. The van der Waals surface area contributed by atoms with Gasteiger partial charge in [0.15, 0.2) is 0 Å². The number of carbonyl (C=O) groups is 2. The van der Waals surface area contributed by atoms with Crippen LogP contribution in [-0.2, 0) is 16.1 Å². The van der Waals surface area contributed by atoms with Crippen LogP contribution in [0.2, 0.25) is 0 Å². The van der Waals surface area contributed by atoms with Crippen molar-refractivity contribution in [1.29, 1.82) is 0 Å². The Bertz CT molecular complexity index is 1380. The number of hydrogen-bond acceptors (Lipinski definition) is 3. The van der Waals surface area contributed by atoms with Crippen LogP contribution in [0.4, 0.5) is 22.7 Å². The van der Waals surface area contributed by atoms with Crippen molar-refractivity contribution in [1.82, 2.24) is 0 Å². The van der Waals surface area contributed by atoms with Crippen molar-refractivity contribution < 1.29 is 9.59 Å². The molecule has 0 saturated carbocycles. The van der Waals surface area contributed by atoms with Crippen molar-refractivity contribution in [3.05, 3.63) is 120 Å². The van der Waals surface area contributed by atoms with Gasteiger partial charge in [0, 0.05) is 42.3 Å². The number of anilines is 4. The molecule has 1 fully saturated rings. The minimum absolute atomic E-state index is 0.0105. The minimum atomic E-state index is -0.383. The van der Waals surface area contributed by atoms with Crippen molar-refractivity contribution >= 4 is 34.6 Å². The van der Waals surface area contributed by atoms with E-state index in [1.807, 2.05) is 92.7 Å². The summed E-state index contributed by atoms with van der Waals surface area (Å²) in [5.41, 5.74) is 7.09. The quantitative estimate of drug-likeness (QED) is 0.317. The van der Waals surface area contributed by atoms with E-state index in [9.17, 15) is 9.59 Å². The summed E-state index contributed by atoms with van der Waals surface area (Å²) in [5.74, 6) is -0.521. The number of rotatable bonds is 7. The van der Waals surface area contributed by atoms with E-state index in [-0.39, 0.29) is 24.2 Å². The third-order valence-corrected chi connectivity index (χ3v) is 6.85. The second kappa shape index (κ2) is 10.7. The van der Waals surface area contributed by atoms with Gasteiger partial charge in [-0.1, -0.05) is 60.7 Å². The second-order valence-corrected chi connectivity index (χ2v) is 9.64. The van der Waals surface area contributed by atoms with E-state index in [0.29, 0.717) is 6.54 Å². The predicted octanol–water partition coefficient (Wildman–Crippen LogP) is 6.63. The smallest absolute Gasteiger partial charge is 0.229 e. The van der Waals surface area contributed by atoms with Gasteiger partial charge >= 0.3 is 0 Å². The van der Waals surface area contributed by atoms with Gasteiger partial charge in [-0.3, -0.25) is 9.59 Å². The van der Waals surface area contributed by atoms with Gasteiger partial charge < -0.3 is 15.1 Å². The number of para-hydroxylation sites is 1. The summed E-state index contributed by atoms with van der Waals surface area (Å²) in [6.07, 6.45) is 0.218. The molecule has 1 heterocycles. The van der Waals surface area contributed by atoms with E-state index < -0.39 is 0 Å². The van der Waals surface area contributed by atoms with Crippen LogP contribution in [0, 0.1) is 19.8 Å². The van der Waals surface area contributed by atoms with Crippen molar-refractivity contribution in [3.8, 4) is 0 Å². The van der Waals surface area contributed by atoms with Gasteiger partial charge in [0.25, 0.3) is 0 Å². The van der Waals surface area contributed by atoms with Crippen LogP contribution in [-0.4, -0.2) is 18.4 Å². The zero-order valence-electron chi connectivity index (χ0n) is 21.2. The van der Waals surface area contributed by atoms with Crippen LogP contribution in [0.25, 0.3) is 0 Å². The molecule has 1 unspecified atom stereocenters. The SMILES string of the molecule is Cc1ccc(C)c(N2CC(C(=O)Nc3ccc(N(Cc4ccccc4)c4ccccc4)cc3)CC2=O)c1. The Labute approximate surface area is 218 Å². The van der Waals surface area contributed by atoms with E-state index in [4.69, 9.17) is 0 Å². The Morgan fingerprint density at radius 3 is 2.22 bits per heavy atom. The van der Waals surface area contributed by atoms with Gasteiger partial charge in [0.1, 0.15) is 0 Å². The molecule has 2 amide bonds. The lowest BCUT2D eigenvalue weighted by atomic mass is 10.1. The van der Waals surface area contributed by atoms with Crippen molar-refractivity contribution in [2.45, 2.75) is 26.8 Å². The molecule has 5 rings (SSSR count). The largest absolute Gasteiger partial charge is 0.337 e. The Balaban J connectivity index is 1.29. The lowest BCUT2D eigenvalue weighted by Gasteiger charge is -2.25. The molecule has 0 spiro atoms. The lowest BCUT2D eigenvalue weighted by molar-refractivity contribution is -0.122. The van der Waals surface area contributed by atoms with Crippen LogP contribution in [0.5, 0.6) is 0 Å². The van der Waals surface area contributed by atoms with E-state index in [2.05, 4.69) is 34.5 Å². The first-order valence-electron chi connectivity index (χ1n) is 12.6. The maximum Gasteiger partial charge on any atom is 0.229 e.